The molecular weight excluding hydrogens is 246 g/mol. The van der Waals surface area contributed by atoms with Gasteiger partial charge in [-0.25, -0.2) is 4.79 Å². The van der Waals surface area contributed by atoms with Crippen molar-refractivity contribution < 1.29 is 4.79 Å². The zero-order valence-electron chi connectivity index (χ0n) is 11.3. The molecule has 0 aromatic carbocycles. The SMILES string of the molecule is CN(C)CCCN1C(=O)NC(=S)C2CCCCC21. The summed E-state index contributed by atoms with van der Waals surface area (Å²) in [6.07, 6.45) is 5.73. The van der Waals surface area contributed by atoms with E-state index in [1.807, 2.05) is 4.90 Å². The fourth-order valence-corrected chi connectivity index (χ4v) is 3.40. The highest BCUT2D eigenvalue weighted by Gasteiger charge is 2.39. The second-order valence-corrected chi connectivity index (χ2v) is 6.04. The molecule has 1 aliphatic heterocycles. The number of hydrogen-bond acceptors (Lipinski definition) is 3. The Morgan fingerprint density at radius 3 is 2.83 bits per heavy atom. The van der Waals surface area contributed by atoms with E-state index < -0.39 is 0 Å². The summed E-state index contributed by atoms with van der Waals surface area (Å²) >= 11 is 5.32. The number of carbonyl (C=O) groups excluding carboxylic acids is 1. The molecule has 0 bridgehead atoms. The zero-order chi connectivity index (χ0) is 13.1. The topological polar surface area (TPSA) is 35.6 Å². The van der Waals surface area contributed by atoms with Crippen molar-refractivity contribution >= 4 is 23.2 Å². The van der Waals surface area contributed by atoms with E-state index in [0.29, 0.717) is 12.0 Å². The fourth-order valence-electron chi connectivity index (χ4n) is 3.04. The van der Waals surface area contributed by atoms with Crippen LogP contribution in [0.25, 0.3) is 0 Å². The van der Waals surface area contributed by atoms with Gasteiger partial charge >= 0.3 is 6.03 Å². The Hall–Kier alpha value is -0.680. The van der Waals surface area contributed by atoms with Gasteiger partial charge in [0.2, 0.25) is 0 Å². The zero-order valence-corrected chi connectivity index (χ0v) is 12.1. The molecule has 2 atom stereocenters. The van der Waals surface area contributed by atoms with Crippen LogP contribution in [0.15, 0.2) is 0 Å². The van der Waals surface area contributed by atoms with E-state index in [-0.39, 0.29) is 6.03 Å². The Bertz CT molecular complexity index is 332. The Morgan fingerprint density at radius 1 is 1.39 bits per heavy atom. The Labute approximate surface area is 115 Å². The Morgan fingerprint density at radius 2 is 2.11 bits per heavy atom. The monoisotopic (exact) mass is 269 g/mol. The maximum Gasteiger partial charge on any atom is 0.322 e. The van der Waals surface area contributed by atoms with Gasteiger partial charge in [0, 0.05) is 18.5 Å². The summed E-state index contributed by atoms with van der Waals surface area (Å²) in [7, 11) is 4.13. The van der Waals surface area contributed by atoms with Crippen LogP contribution in [0.2, 0.25) is 0 Å². The minimum atomic E-state index is 0.0157. The Balaban J connectivity index is 1.98. The highest BCUT2D eigenvalue weighted by atomic mass is 32.1. The lowest BCUT2D eigenvalue weighted by Crippen LogP contribution is -2.60. The van der Waals surface area contributed by atoms with E-state index in [1.54, 1.807) is 0 Å². The van der Waals surface area contributed by atoms with Gasteiger partial charge < -0.3 is 15.1 Å². The first-order valence-electron chi connectivity index (χ1n) is 6.86. The number of rotatable bonds is 4. The van der Waals surface area contributed by atoms with Crippen LogP contribution < -0.4 is 5.32 Å². The molecule has 1 saturated carbocycles. The molecular formula is C13H23N3OS. The summed E-state index contributed by atoms with van der Waals surface area (Å²) in [6, 6.07) is 0.365. The number of thiocarbonyl (C=S) groups is 1. The average molecular weight is 269 g/mol. The number of nitrogens with one attached hydrogen (secondary N) is 1. The third-order valence-electron chi connectivity index (χ3n) is 3.96. The van der Waals surface area contributed by atoms with E-state index in [1.165, 1.54) is 12.8 Å². The molecule has 1 heterocycles. The van der Waals surface area contributed by atoms with Crippen LogP contribution in [0, 0.1) is 5.92 Å². The van der Waals surface area contributed by atoms with Gasteiger partial charge in [0.25, 0.3) is 0 Å². The minimum Gasteiger partial charge on any atom is -0.321 e. The lowest BCUT2D eigenvalue weighted by Gasteiger charge is -2.44. The van der Waals surface area contributed by atoms with Crippen molar-refractivity contribution in [1.29, 1.82) is 0 Å². The van der Waals surface area contributed by atoms with Crippen LogP contribution in [-0.4, -0.2) is 54.0 Å². The number of carbonyl (C=O) groups is 1. The van der Waals surface area contributed by atoms with Gasteiger partial charge in [-0.1, -0.05) is 25.1 Å². The molecule has 0 aromatic heterocycles. The van der Waals surface area contributed by atoms with E-state index in [9.17, 15) is 4.79 Å². The van der Waals surface area contributed by atoms with Crippen LogP contribution in [0.5, 0.6) is 0 Å². The quantitative estimate of drug-likeness (QED) is 0.791. The number of amides is 2. The Kier molecular flexibility index (Phi) is 4.56. The summed E-state index contributed by atoms with van der Waals surface area (Å²) in [5.74, 6) is 0.394. The summed E-state index contributed by atoms with van der Waals surface area (Å²) in [5.41, 5.74) is 0. The average Bonchev–Trinajstić information content (AvgIpc) is 2.33. The maximum absolute atomic E-state index is 12.0. The number of hydrogen-bond donors (Lipinski definition) is 1. The summed E-state index contributed by atoms with van der Waals surface area (Å²) in [5, 5.41) is 2.87. The third-order valence-corrected chi connectivity index (χ3v) is 4.37. The smallest absolute Gasteiger partial charge is 0.321 e. The van der Waals surface area contributed by atoms with Gasteiger partial charge in [-0.05, 0) is 39.9 Å². The second-order valence-electron chi connectivity index (χ2n) is 5.60. The first-order valence-corrected chi connectivity index (χ1v) is 7.26. The summed E-state index contributed by atoms with van der Waals surface area (Å²) in [4.78, 5) is 17.0. The molecule has 102 valence electrons. The van der Waals surface area contributed by atoms with Gasteiger partial charge in [0.1, 0.15) is 0 Å². The molecule has 4 nitrogen and oxygen atoms in total. The van der Waals surface area contributed by atoms with Crippen molar-refractivity contribution in [2.24, 2.45) is 5.92 Å². The molecule has 1 saturated heterocycles. The summed E-state index contributed by atoms with van der Waals surface area (Å²) in [6.45, 7) is 1.86. The molecule has 1 aliphatic carbocycles. The van der Waals surface area contributed by atoms with E-state index >= 15 is 0 Å². The third kappa shape index (κ3) is 3.01. The fraction of sp³-hybridized carbons (Fsp3) is 0.846. The van der Waals surface area contributed by atoms with E-state index in [0.717, 1.165) is 37.3 Å². The van der Waals surface area contributed by atoms with Gasteiger partial charge in [-0.15, -0.1) is 0 Å². The molecule has 0 spiro atoms. The first-order chi connectivity index (χ1) is 8.59. The van der Waals surface area contributed by atoms with Gasteiger partial charge in [-0.3, -0.25) is 0 Å². The highest BCUT2D eigenvalue weighted by molar-refractivity contribution is 7.80. The van der Waals surface area contributed by atoms with Crippen molar-refractivity contribution in [2.75, 3.05) is 27.2 Å². The predicted octanol–water partition coefficient (Wildman–Crippen LogP) is 1.85. The van der Waals surface area contributed by atoms with Crippen LogP contribution in [-0.2, 0) is 0 Å². The van der Waals surface area contributed by atoms with Gasteiger partial charge in [0.05, 0.1) is 4.99 Å². The summed E-state index contributed by atoms with van der Waals surface area (Å²) < 4.78 is 0. The van der Waals surface area contributed by atoms with Gasteiger partial charge in [-0.2, -0.15) is 0 Å². The number of urea groups is 1. The van der Waals surface area contributed by atoms with Crippen molar-refractivity contribution in [3.63, 3.8) is 0 Å². The largest absolute Gasteiger partial charge is 0.322 e. The van der Waals surface area contributed by atoms with Crippen LogP contribution in [0.3, 0.4) is 0 Å². The van der Waals surface area contributed by atoms with Crippen molar-refractivity contribution in [1.82, 2.24) is 15.1 Å². The molecule has 2 fully saturated rings. The lowest BCUT2D eigenvalue weighted by molar-refractivity contribution is 0.129. The number of nitrogens with zero attached hydrogens (tertiary/aromatic N) is 2. The van der Waals surface area contributed by atoms with Crippen LogP contribution in [0.4, 0.5) is 4.79 Å². The van der Waals surface area contributed by atoms with Crippen LogP contribution in [0.1, 0.15) is 32.1 Å². The molecule has 0 radical (unpaired) electrons. The molecule has 18 heavy (non-hydrogen) atoms. The minimum absolute atomic E-state index is 0.0157. The highest BCUT2D eigenvalue weighted by Crippen LogP contribution is 2.31. The predicted molar refractivity (Wildman–Crippen MR) is 76.8 cm³/mol. The van der Waals surface area contributed by atoms with Gasteiger partial charge in [0.15, 0.2) is 0 Å². The molecule has 2 amide bonds. The molecule has 2 rings (SSSR count). The van der Waals surface area contributed by atoms with E-state index in [4.69, 9.17) is 12.2 Å². The van der Waals surface area contributed by atoms with Crippen LogP contribution >= 0.6 is 12.2 Å². The standard InChI is InChI=1S/C13H23N3OS/c1-15(2)8-5-9-16-11-7-4-3-6-10(11)12(18)14-13(16)17/h10-11H,3-9H2,1-2H3,(H,14,17,18). The number of fused-ring (bicyclic) bond motifs is 1. The van der Waals surface area contributed by atoms with Crippen molar-refractivity contribution in [3.05, 3.63) is 0 Å². The second kappa shape index (κ2) is 5.97. The van der Waals surface area contributed by atoms with Crippen molar-refractivity contribution in [3.8, 4) is 0 Å². The first kappa shape index (κ1) is 13.7. The molecule has 5 heteroatoms. The molecule has 0 aromatic rings. The molecule has 2 aliphatic rings. The molecule has 2 unspecified atom stereocenters. The van der Waals surface area contributed by atoms with Crippen molar-refractivity contribution in [2.45, 2.75) is 38.1 Å². The molecule has 1 N–H and O–H groups in total. The maximum atomic E-state index is 12.0. The lowest BCUT2D eigenvalue weighted by atomic mass is 9.82. The van der Waals surface area contributed by atoms with E-state index in [2.05, 4.69) is 24.3 Å². The normalized spacial score (nSPS) is 28.3.